The van der Waals surface area contributed by atoms with E-state index in [9.17, 15) is 4.79 Å². The molecule has 1 aromatic rings. The molecule has 0 bridgehead atoms. The minimum Gasteiger partial charge on any atom is -0.298 e. The van der Waals surface area contributed by atoms with Crippen LogP contribution in [0.25, 0.3) is 0 Å². The number of Topliss-reactive ketones (excluding diaryl/α,β-unsaturated/α-hetero) is 1. The van der Waals surface area contributed by atoms with Crippen LogP contribution in [-0.2, 0) is 18.3 Å². The van der Waals surface area contributed by atoms with Gasteiger partial charge in [-0.1, -0.05) is 6.92 Å². The normalized spacial score (nSPS) is 24.8. The minimum absolute atomic E-state index is 0.199. The van der Waals surface area contributed by atoms with Crippen molar-refractivity contribution < 1.29 is 4.79 Å². The van der Waals surface area contributed by atoms with E-state index in [4.69, 9.17) is 0 Å². The van der Waals surface area contributed by atoms with Gasteiger partial charge in [0.2, 0.25) is 0 Å². The van der Waals surface area contributed by atoms with Crippen LogP contribution in [0.1, 0.15) is 18.9 Å². The van der Waals surface area contributed by atoms with E-state index in [0.29, 0.717) is 17.5 Å². The fraction of sp³-hybridized carbons (Fsp3) is 0.667. The largest absolute Gasteiger partial charge is 0.298 e. The molecule has 2 rings (SSSR count). The van der Waals surface area contributed by atoms with Gasteiger partial charge in [0.1, 0.15) is 5.78 Å². The average Bonchev–Trinajstić information content (AvgIpc) is 2.73. The van der Waals surface area contributed by atoms with Gasteiger partial charge in [0.15, 0.2) is 0 Å². The predicted octanol–water partition coefficient (Wildman–Crippen LogP) is 2.16. The lowest BCUT2D eigenvalue weighted by Gasteiger charge is -2.26. The molecule has 0 N–H and O–H groups in total. The number of carbonyl (C=O) groups excluding carboxylic acids is 1. The van der Waals surface area contributed by atoms with E-state index in [2.05, 4.69) is 12.0 Å². The molecule has 0 aromatic carbocycles. The van der Waals surface area contributed by atoms with Crippen LogP contribution in [0.5, 0.6) is 0 Å². The summed E-state index contributed by atoms with van der Waals surface area (Å²) >= 11 is 3.75. The van der Waals surface area contributed by atoms with Crippen molar-refractivity contribution in [2.75, 3.05) is 11.5 Å². The summed E-state index contributed by atoms with van der Waals surface area (Å²) in [6.45, 7) is 2.17. The summed E-state index contributed by atoms with van der Waals surface area (Å²) in [6, 6.07) is 0. The first-order chi connectivity index (χ1) is 8.16. The number of rotatable bonds is 4. The van der Waals surface area contributed by atoms with Crippen LogP contribution in [0.4, 0.5) is 0 Å². The van der Waals surface area contributed by atoms with E-state index in [1.807, 2.05) is 43.0 Å². The standard InChI is InChI=1S/C12H18N2OS2/c1-9-12(17-6-5-16-9)11(15)4-3-10-7-13-14(2)8-10/h7-9,12H,3-6H2,1-2H3. The number of aromatic nitrogens is 2. The number of nitrogens with zero attached hydrogens (tertiary/aromatic N) is 2. The molecule has 0 radical (unpaired) electrons. The number of hydrogen-bond donors (Lipinski definition) is 0. The van der Waals surface area contributed by atoms with Crippen LogP contribution in [0, 0.1) is 0 Å². The third kappa shape index (κ3) is 3.52. The van der Waals surface area contributed by atoms with Crippen molar-refractivity contribution in [3.8, 4) is 0 Å². The van der Waals surface area contributed by atoms with Crippen molar-refractivity contribution in [2.45, 2.75) is 30.3 Å². The van der Waals surface area contributed by atoms with Crippen LogP contribution in [0.15, 0.2) is 12.4 Å². The fourth-order valence-corrected chi connectivity index (χ4v) is 4.77. The number of carbonyl (C=O) groups is 1. The van der Waals surface area contributed by atoms with Crippen LogP contribution < -0.4 is 0 Å². The Morgan fingerprint density at radius 3 is 2.94 bits per heavy atom. The Morgan fingerprint density at radius 1 is 1.53 bits per heavy atom. The topological polar surface area (TPSA) is 34.9 Å². The lowest BCUT2D eigenvalue weighted by atomic mass is 10.1. The Hall–Kier alpha value is -0.420. The van der Waals surface area contributed by atoms with Gasteiger partial charge in [0.25, 0.3) is 0 Å². The third-order valence-corrected chi connectivity index (χ3v) is 6.06. The summed E-state index contributed by atoms with van der Waals surface area (Å²) in [7, 11) is 1.90. The van der Waals surface area contributed by atoms with Crippen molar-refractivity contribution in [1.29, 1.82) is 0 Å². The van der Waals surface area contributed by atoms with E-state index in [-0.39, 0.29) is 5.25 Å². The zero-order valence-corrected chi connectivity index (χ0v) is 11.9. The first-order valence-corrected chi connectivity index (χ1v) is 8.00. The van der Waals surface area contributed by atoms with E-state index >= 15 is 0 Å². The SMILES string of the molecule is CC1SCCSC1C(=O)CCc1cnn(C)c1. The maximum absolute atomic E-state index is 12.1. The molecule has 5 heteroatoms. The van der Waals surface area contributed by atoms with Crippen molar-refractivity contribution >= 4 is 29.3 Å². The molecule has 0 spiro atoms. The quantitative estimate of drug-likeness (QED) is 0.840. The zero-order valence-electron chi connectivity index (χ0n) is 10.3. The van der Waals surface area contributed by atoms with E-state index in [1.54, 1.807) is 4.68 Å². The lowest BCUT2D eigenvalue weighted by Crippen LogP contribution is -2.31. The highest BCUT2D eigenvalue weighted by Gasteiger charge is 2.28. The minimum atomic E-state index is 0.199. The van der Waals surface area contributed by atoms with Gasteiger partial charge in [-0.2, -0.15) is 16.9 Å². The molecule has 0 aliphatic carbocycles. The van der Waals surface area contributed by atoms with Gasteiger partial charge in [-0.25, -0.2) is 0 Å². The molecule has 1 fully saturated rings. The van der Waals surface area contributed by atoms with Crippen molar-refractivity contribution in [2.24, 2.45) is 7.05 Å². The Labute approximate surface area is 111 Å². The van der Waals surface area contributed by atoms with Gasteiger partial charge >= 0.3 is 0 Å². The van der Waals surface area contributed by atoms with Gasteiger partial charge in [0, 0.05) is 36.4 Å². The predicted molar refractivity (Wildman–Crippen MR) is 74.7 cm³/mol. The maximum atomic E-state index is 12.1. The summed E-state index contributed by atoms with van der Waals surface area (Å²) < 4.78 is 1.79. The van der Waals surface area contributed by atoms with Crippen molar-refractivity contribution in [3.63, 3.8) is 0 Å². The first kappa shape index (κ1) is 13.0. The molecule has 3 nitrogen and oxygen atoms in total. The first-order valence-electron chi connectivity index (χ1n) is 5.90. The van der Waals surface area contributed by atoms with Crippen LogP contribution in [-0.4, -0.2) is 37.6 Å². The number of ketones is 1. The molecule has 2 unspecified atom stereocenters. The molecule has 2 atom stereocenters. The highest BCUT2D eigenvalue weighted by atomic mass is 32.2. The van der Waals surface area contributed by atoms with Crippen LogP contribution >= 0.6 is 23.5 Å². The molecule has 94 valence electrons. The summed E-state index contributed by atoms with van der Waals surface area (Å²) in [5.74, 6) is 2.69. The molecular weight excluding hydrogens is 252 g/mol. The van der Waals surface area contributed by atoms with E-state index in [1.165, 1.54) is 5.75 Å². The monoisotopic (exact) mass is 270 g/mol. The number of hydrogen-bond acceptors (Lipinski definition) is 4. The maximum Gasteiger partial charge on any atom is 0.147 e. The summed E-state index contributed by atoms with van der Waals surface area (Å²) in [5.41, 5.74) is 1.15. The number of thioether (sulfide) groups is 2. The Bertz CT molecular complexity index is 392. The van der Waals surface area contributed by atoms with E-state index in [0.717, 1.165) is 17.7 Å². The van der Waals surface area contributed by atoms with E-state index < -0.39 is 0 Å². The van der Waals surface area contributed by atoms with Gasteiger partial charge in [0.05, 0.1) is 11.4 Å². The summed E-state index contributed by atoms with van der Waals surface area (Å²) in [4.78, 5) is 12.1. The van der Waals surface area contributed by atoms with Crippen LogP contribution in [0.2, 0.25) is 0 Å². The highest BCUT2D eigenvalue weighted by molar-refractivity contribution is 8.07. The second-order valence-corrected chi connectivity index (χ2v) is 7.09. The number of aryl methyl sites for hydroxylation is 2. The van der Waals surface area contributed by atoms with Gasteiger partial charge in [-0.3, -0.25) is 9.48 Å². The molecule has 1 aliphatic rings. The molecular formula is C12H18N2OS2. The summed E-state index contributed by atoms with van der Waals surface area (Å²) in [5, 5.41) is 4.79. The van der Waals surface area contributed by atoms with Gasteiger partial charge in [-0.05, 0) is 12.0 Å². The van der Waals surface area contributed by atoms with Crippen molar-refractivity contribution in [1.82, 2.24) is 9.78 Å². The van der Waals surface area contributed by atoms with Crippen molar-refractivity contribution in [3.05, 3.63) is 18.0 Å². The Morgan fingerprint density at radius 2 is 2.29 bits per heavy atom. The molecule has 1 aromatic heterocycles. The lowest BCUT2D eigenvalue weighted by molar-refractivity contribution is -0.118. The molecule has 2 heterocycles. The Balaban J connectivity index is 1.84. The second-order valence-electron chi connectivity index (χ2n) is 4.36. The van der Waals surface area contributed by atoms with Gasteiger partial charge < -0.3 is 0 Å². The molecule has 1 aliphatic heterocycles. The molecule has 17 heavy (non-hydrogen) atoms. The Kier molecular flexibility index (Phi) is 4.56. The molecule has 0 amide bonds. The summed E-state index contributed by atoms with van der Waals surface area (Å²) in [6.07, 6.45) is 5.30. The second kappa shape index (κ2) is 5.96. The van der Waals surface area contributed by atoms with Crippen LogP contribution in [0.3, 0.4) is 0 Å². The third-order valence-electron chi connectivity index (χ3n) is 2.92. The molecule has 1 saturated heterocycles. The average molecular weight is 270 g/mol. The highest BCUT2D eigenvalue weighted by Crippen LogP contribution is 2.32. The van der Waals surface area contributed by atoms with Gasteiger partial charge in [-0.15, -0.1) is 11.8 Å². The smallest absolute Gasteiger partial charge is 0.147 e. The zero-order chi connectivity index (χ0) is 12.3. The molecule has 0 saturated carbocycles. The fourth-order valence-electron chi connectivity index (χ4n) is 2.00.